The number of ether oxygens (including phenoxy) is 1. The molecule has 0 unspecified atom stereocenters. The van der Waals surface area contributed by atoms with Crippen molar-refractivity contribution < 1.29 is 4.74 Å². The van der Waals surface area contributed by atoms with Crippen molar-refractivity contribution in [3.8, 4) is 0 Å². The van der Waals surface area contributed by atoms with E-state index in [2.05, 4.69) is 23.9 Å². The third kappa shape index (κ3) is 2.90. The first-order valence-electron chi connectivity index (χ1n) is 4.90. The van der Waals surface area contributed by atoms with E-state index < -0.39 is 0 Å². The predicted molar refractivity (Wildman–Crippen MR) is 51.3 cm³/mol. The minimum atomic E-state index is 0.162. The Kier molecular flexibility index (Phi) is 4.06. The molecule has 1 saturated heterocycles. The Balaban J connectivity index is 2.31. The number of rotatable bonds is 4. The first kappa shape index (κ1) is 10.4. The van der Waals surface area contributed by atoms with Gasteiger partial charge in [-0.1, -0.05) is 25.4 Å². The smallest absolute Gasteiger partial charge is 0.0635 e. The number of azide groups is 1. The second-order valence-corrected chi connectivity index (χ2v) is 3.75. The van der Waals surface area contributed by atoms with E-state index in [1.54, 1.807) is 0 Å². The van der Waals surface area contributed by atoms with E-state index in [1.165, 1.54) is 6.42 Å². The molecule has 0 aliphatic carbocycles. The monoisotopic (exact) mass is 183 g/mol. The molecule has 0 amide bonds. The largest absolute Gasteiger partial charge is 0.378 e. The van der Waals surface area contributed by atoms with Crippen LogP contribution in [0, 0.1) is 11.8 Å². The maximum atomic E-state index is 8.15. The fourth-order valence-electron chi connectivity index (χ4n) is 1.72. The first-order chi connectivity index (χ1) is 6.27. The summed E-state index contributed by atoms with van der Waals surface area (Å²) in [4.78, 5) is 2.73. The van der Waals surface area contributed by atoms with Crippen molar-refractivity contribution in [3.05, 3.63) is 10.4 Å². The van der Waals surface area contributed by atoms with Crippen LogP contribution in [0.4, 0.5) is 0 Å². The van der Waals surface area contributed by atoms with Gasteiger partial charge in [0, 0.05) is 4.91 Å². The molecule has 1 fully saturated rings. The van der Waals surface area contributed by atoms with E-state index in [4.69, 9.17) is 10.3 Å². The van der Waals surface area contributed by atoms with E-state index >= 15 is 0 Å². The molecule has 0 saturated carbocycles. The van der Waals surface area contributed by atoms with Crippen LogP contribution < -0.4 is 0 Å². The molecule has 4 heteroatoms. The molecule has 0 bridgehead atoms. The Hall–Kier alpha value is -0.730. The summed E-state index contributed by atoms with van der Waals surface area (Å²) in [5.74, 6) is 1.37. The van der Waals surface area contributed by atoms with Gasteiger partial charge in [-0.15, -0.1) is 0 Å². The van der Waals surface area contributed by atoms with Crippen molar-refractivity contribution in [3.63, 3.8) is 0 Å². The van der Waals surface area contributed by atoms with Crippen LogP contribution in [0.5, 0.6) is 0 Å². The molecular weight excluding hydrogens is 166 g/mol. The van der Waals surface area contributed by atoms with Crippen LogP contribution in [0.25, 0.3) is 10.4 Å². The highest BCUT2D eigenvalue weighted by molar-refractivity contribution is 4.78. The zero-order valence-corrected chi connectivity index (χ0v) is 8.31. The SMILES string of the molecule is CC[C@H](C)[C@@H]1CO[C@@H](CN=[N+]=[N-])C1. The lowest BCUT2D eigenvalue weighted by molar-refractivity contribution is 0.108. The molecule has 1 aliphatic rings. The van der Waals surface area contributed by atoms with Crippen molar-refractivity contribution in [1.29, 1.82) is 0 Å². The maximum Gasteiger partial charge on any atom is 0.0635 e. The Morgan fingerprint density at radius 1 is 1.69 bits per heavy atom. The van der Waals surface area contributed by atoms with E-state index in [0.717, 1.165) is 18.9 Å². The van der Waals surface area contributed by atoms with Crippen LogP contribution in [0.15, 0.2) is 5.11 Å². The molecule has 0 aromatic heterocycles. The van der Waals surface area contributed by atoms with Crippen LogP contribution in [-0.4, -0.2) is 19.3 Å². The van der Waals surface area contributed by atoms with Gasteiger partial charge in [0.1, 0.15) is 0 Å². The summed E-state index contributed by atoms with van der Waals surface area (Å²) in [6, 6.07) is 0. The topological polar surface area (TPSA) is 58.0 Å². The van der Waals surface area contributed by atoms with Crippen LogP contribution in [0.2, 0.25) is 0 Å². The summed E-state index contributed by atoms with van der Waals surface area (Å²) < 4.78 is 5.53. The van der Waals surface area contributed by atoms with Crippen LogP contribution >= 0.6 is 0 Å². The average Bonchev–Trinajstić information content (AvgIpc) is 2.62. The van der Waals surface area contributed by atoms with E-state index in [1.807, 2.05) is 0 Å². The fraction of sp³-hybridized carbons (Fsp3) is 1.00. The summed E-state index contributed by atoms with van der Waals surface area (Å²) in [7, 11) is 0. The Morgan fingerprint density at radius 3 is 3.08 bits per heavy atom. The zero-order valence-electron chi connectivity index (χ0n) is 8.31. The molecule has 0 aromatic carbocycles. The van der Waals surface area contributed by atoms with Gasteiger partial charge in [-0.3, -0.25) is 0 Å². The molecule has 1 aliphatic heterocycles. The fourth-order valence-corrected chi connectivity index (χ4v) is 1.72. The molecule has 1 heterocycles. The highest BCUT2D eigenvalue weighted by atomic mass is 16.5. The van der Waals surface area contributed by atoms with Gasteiger partial charge in [-0.25, -0.2) is 0 Å². The summed E-state index contributed by atoms with van der Waals surface area (Å²) in [6.45, 7) is 5.78. The minimum Gasteiger partial charge on any atom is -0.378 e. The van der Waals surface area contributed by atoms with Crippen LogP contribution in [-0.2, 0) is 4.74 Å². The van der Waals surface area contributed by atoms with Gasteiger partial charge in [0.25, 0.3) is 0 Å². The highest BCUT2D eigenvalue weighted by Crippen LogP contribution is 2.28. The van der Waals surface area contributed by atoms with E-state index in [0.29, 0.717) is 12.5 Å². The lowest BCUT2D eigenvalue weighted by Crippen LogP contribution is -2.12. The Bertz CT molecular complexity index is 201. The Labute approximate surface area is 78.9 Å². The van der Waals surface area contributed by atoms with Gasteiger partial charge in [-0.05, 0) is 23.8 Å². The first-order valence-corrected chi connectivity index (χ1v) is 4.90. The average molecular weight is 183 g/mol. The molecule has 3 atom stereocenters. The number of hydrogen-bond acceptors (Lipinski definition) is 2. The molecule has 1 rings (SSSR count). The van der Waals surface area contributed by atoms with Crippen molar-refractivity contribution >= 4 is 0 Å². The third-order valence-corrected chi connectivity index (χ3v) is 2.91. The van der Waals surface area contributed by atoms with Crippen molar-refractivity contribution in [2.24, 2.45) is 17.0 Å². The van der Waals surface area contributed by atoms with E-state index in [-0.39, 0.29) is 6.10 Å². The molecule has 13 heavy (non-hydrogen) atoms. The lowest BCUT2D eigenvalue weighted by atomic mass is 9.90. The molecule has 0 spiro atoms. The van der Waals surface area contributed by atoms with Gasteiger partial charge in [0.15, 0.2) is 0 Å². The lowest BCUT2D eigenvalue weighted by Gasteiger charge is -2.14. The molecule has 74 valence electrons. The highest BCUT2D eigenvalue weighted by Gasteiger charge is 2.27. The second kappa shape index (κ2) is 5.10. The second-order valence-electron chi connectivity index (χ2n) is 3.75. The Morgan fingerprint density at radius 2 is 2.46 bits per heavy atom. The molecule has 0 N–H and O–H groups in total. The molecule has 0 radical (unpaired) electrons. The minimum absolute atomic E-state index is 0.162. The number of hydrogen-bond donors (Lipinski definition) is 0. The van der Waals surface area contributed by atoms with E-state index in [9.17, 15) is 0 Å². The van der Waals surface area contributed by atoms with Gasteiger partial charge in [0.2, 0.25) is 0 Å². The summed E-state index contributed by atoms with van der Waals surface area (Å²) in [5, 5.41) is 3.53. The van der Waals surface area contributed by atoms with Gasteiger partial charge in [-0.2, -0.15) is 0 Å². The maximum absolute atomic E-state index is 8.15. The van der Waals surface area contributed by atoms with Crippen LogP contribution in [0.1, 0.15) is 26.7 Å². The normalized spacial score (nSPS) is 29.7. The predicted octanol–water partition coefficient (Wildman–Crippen LogP) is 2.75. The molecular formula is C9H17N3O. The van der Waals surface area contributed by atoms with Crippen molar-refractivity contribution in [2.45, 2.75) is 32.8 Å². The van der Waals surface area contributed by atoms with Gasteiger partial charge >= 0.3 is 0 Å². The van der Waals surface area contributed by atoms with Gasteiger partial charge in [0.05, 0.1) is 19.3 Å². The van der Waals surface area contributed by atoms with Gasteiger partial charge < -0.3 is 4.74 Å². The molecule has 0 aromatic rings. The third-order valence-electron chi connectivity index (χ3n) is 2.91. The standard InChI is InChI=1S/C9H17N3O/c1-3-7(2)8-4-9(13-6-8)5-11-12-10/h7-9H,3-6H2,1-2H3/t7-,8-,9+/m0/s1. The van der Waals surface area contributed by atoms with Crippen LogP contribution in [0.3, 0.4) is 0 Å². The van der Waals surface area contributed by atoms with Crippen molar-refractivity contribution in [2.75, 3.05) is 13.2 Å². The summed E-state index contributed by atoms with van der Waals surface area (Å²) >= 11 is 0. The zero-order chi connectivity index (χ0) is 9.68. The van der Waals surface area contributed by atoms with Crippen molar-refractivity contribution in [1.82, 2.24) is 0 Å². The summed E-state index contributed by atoms with van der Waals surface area (Å²) in [5.41, 5.74) is 8.15. The quantitative estimate of drug-likeness (QED) is 0.375. The molecule has 4 nitrogen and oxygen atoms in total. The number of nitrogens with zero attached hydrogens (tertiary/aromatic N) is 3. The summed E-state index contributed by atoms with van der Waals surface area (Å²) in [6.07, 6.45) is 2.41.